The van der Waals surface area contributed by atoms with E-state index in [1.54, 1.807) is 37.0 Å². The van der Waals surface area contributed by atoms with E-state index in [-0.39, 0.29) is 11.7 Å². The molecule has 120 valence electrons. The standard InChI is InChI=1S/C15H17N5O3/c1-10-6-16-20(7-10)8-12-4-5-14(22-12)15(21)19(3)9-13-11(2)17-23-18-13/h4-7H,8-9H2,1-3H3. The molecule has 3 aromatic rings. The minimum atomic E-state index is -0.227. The maximum Gasteiger partial charge on any atom is 0.289 e. The van der Waals surface area contributed by atoms with E-state index in [4.69, 9.17) is 4.42 Å². The molecule has 0 bridgehead atoms. The van der Waals surface area contributed by atoms with Crippen LogP contribution in [0.3, 0.4) is 0 Å². The number of furan rings is 1. The molecule has 0 fully saturated rings. The van der Waals surface area contributed by atoms with Crippen LogP contribution in [-0.2, 0) is 13.1 Å². The van der Waals surface area contributed by atoms with Gasteiger partial charge in [-0.1, -0.05) is 10.3 Å². The van der Waals surface area contributed by atoms with Crippen LogP contribution in [0.4, 0.5) is 0 Å². The van der Waals surface area contributed by atoms with Gasteiger partial charge >= 0.3 is 0 Å². The highest BCUT2D eigenvalue weighted by Gasteiger charge is 2.18. The molecular formula is C15H17N5O3. The SMILES string of the molecule is Cc1cnn(Cc2ccc(C(=O)N(C)Cc3nonc3C)o2)c1. The number of hydrogen-bond donors (Lipinski definition) is 0. The fourth-order valence-electron chi connectivity index (χ4n) is 2.17. The summed E-state index contributed by atoms with van der Waals surface area (Å²) in [5.74, 6) is 0.722. The molecular weight excluding hydrogens is 298 g/mol. The van der Waals surface area contributed by atoms with E-state index in [0.29, 0.717) is 30.2 Å². The lowest BCUT2D eigenvalue weighted by Gasteiger charge is -2.13. The van der Waals surface area contributed by atoms with Crippen LogP contribution >= 0.6 is 0 Å². The summed E-state index contributed by atoms with van der Waals surface area (Å²) in [5.41, 5.74) is 2.36. The van der Waals surface area contributed by atoms with Gasteiger partial charge in [-0.25, -0.2) is 4.63 Å². The third-order valence-corrected chi connectivity index (χ3v) is 3.43. The maximum absolute atomic E-state index is 12.4. The van der Waals surface area contributed by atoms with Crippen LogP contribution < -0.4 is 0 Å². The Morgan fingerprint density at radius 2 is 2.13 bits per heavy atom. The topological polar surface area (TPSA) is 90.2 Å². The molecule has 0 saturated heterocycles. The lowest BCUT2D eigenvalue weighted by atomic mass is 10.3. The maximum atomic E-state index is 12.4. The van der Waals surface area contributed by atoms with Crippen molar-refractivity contribution >= 4 is 5.91 Å². The molecule has 0 aliphatic rings. The summed E-state index contributed by atoms with van der Waals surface area (Å²) in [6, 6.07) is 3.44. The van der Waals surface area contributed by atoms with Gasteiger partial charge in [0.2, 0.25) is 0 Å². The Balaban J connectivity index is 1.67. The second-order valence-corrected chi connectivity index (χ2v) is 5.44. The monoisotopic (exact) mass is 315 g/mol. The molecule has 0 N–H and O–H groups in total. The Morgan fingerprint density at radius 3 is 2.78 bits per heavy atom. The van der Waals surface area contributed by atoms with Gasteiger partial charge in [0.1, 0.15) is 17.1 Å². The van der Waals surface area contributed by atoms with Crippen LogP contribution in [-0.4, -0.2) is 37.9 Å². The van der Waals surface area contributed by atoms with Gasteiger partial charge in [-0.15, -0.1) is 0 Å². The van der Waals surface area contributed by atoms with Gasteiger partial charge in [0.05, 0.1) is 19.3 Å². The van der Waals surface area contributed by atoms with Crippen molar-refractivity contribution in [3.8, 4) is 0 Å². The molecule has 23 heavy (non-hydrogen) atoms. The molecule has 0 spiro atoms. The normalized spacial score (nSPS) is 10.9. The van der Waals surface area contributed by atoms with E-state index < -0.39 is 0 Å². The second kappa shape index (κ2) is 6.07. The first-order valence-corrected chi connectivity index (χ1v) is 7.14. The third kappa shape index (κ3) is 3.31. The number of carbonyl (C=O) groups is 1. The first-order chi connectivity index (χ1) is 11.0. The summed E-state index contributed by atoms with van der Waals surface area (Å²) in [6.07, 6.45) is 3.69. The summed E-state index contributed by atoms with van der Waals surface area (Å²) in [5, 5.41) is 11.7. The Morgan fingerprint density at radius 1 is 1.30 bits per heavy atom. The van der Waals surface area contributed by atoms with Crippen molar-refractivity contribution in [3.63, 3.8) is 0 Å². The molecule has 8 nitrogen and oxygen atoms in total. The highest BCUT2D eigenvalue weighted by molar-refractivity contribution is 5.91. The molecule has 0 aromatic carbocycles. The van der Waals surface area contributed by atoms with E-state index >= 15 is 0 Å². The minimum absolute atomic E-state index is 0.227. The van der Waals surface area contributed by atoms with Crippen molar-refractivity contribution in [2.24, 2.45) is 0 Å². The first kappa shape index (κ1) is 15.0. The van der Waals surface area contributed by atoms with E-state index in [9.17, 15) is 4.79 Å². The smallest absolute Gasteiger partial charge is 0.289 e. The van der Waals surface area contributed by atoms with Crippen molar-refractivity contribution in [2.45, 2.75) is 26.9 Å². The predicted molar refractivity (Wildman–Crippen MR) is 79.6 cm³/mol. The number of carbonyl (C=O) groups excluding carboxylic acids is 1. The summed E-state index contributed by atoms with van der Waals surface area (Å²) < 4.78 is 12.0. The summed E-state index contributed by atoms with van der Waals surface area (Å²) in [6.45, 7) is 4.54. The van der Waals surface area contributed by atoms with Gasteiger partial charge < -0.3 is 9.32 Å². The summed E-state index contributed by atoms with van der Waals surface area (Å²) >= 11 is 0. The third-order valence-electron chi connectivity index (χ3n) is 3.43. The van der Waals surface area contributed by atoms with E-state index in [1.807, 2.05) is 13.1 Å². The molecule has 0 aliphatic heterocycles. The highest BCUT2D eigenvalue weighted by Crippen LogP contribution is 2.13. The van der Waals surface area contributed by atoms with Gasteiger partial charge in [0.25, 0.3) is 5.91 Å². The predicted octanol–water partition coefficient (Wildman–Crippen LogP) is 1.80. The molecule has 1 amide bonds. The zero-order valence-corrected chi connectivity index (χ0v) is 13.2. The van der Waals surface area contributed by atoms with Crippen LogP contribution in [0.2, 0.25) is 0 Å². The molecule has 0 unspecified atom stereocenters. The Hall–Kier alpha value is -2.90. The van der Waals surface area contributed by atoms with Crippen LogP contribution in [0.25, 0.3) is 0 Å². The number of hydrogen-bond acceptors (Lipinski definition) is 6. The lowest BCUT2D eigenvalue weighted by Crippen LogP contribution is -2.26. The number of aromatic nitrogens is 4. The fraction of sp³-hybridized carbons (Fsp3) is 0.333. The van der Waals surface area contributed by atoms with Gasteiger partial charge in [-0.3, -0.25) is 9.48 Å². The van der Waals surface area contributed by atoms with Gasteiger partial charge in [-0.05, 0) is 31.5 Å². The second-order valence-electron chi connectivity index (χ2n) is 5.44. The number of rotatable bonds is 5. The van der Waals surface area contributed by atoms with Crippen LogP contribution in [0.15, 0.2) is 33.6 Å². The van der Waals surface area contributed by atoms with Crippen LogP contribution in [0, 0.1) is 13.8 Å². The van der Waals surface area contributed by atoms with Gasteiger partial charge in [0, 0.05) is 13.2 Å². The molecule has 0 atom stereocenters. The zero-order chi connectivity index (χ0) is 16.4. The van der Waals surface area contributed by atoms with Crippen molar-refractivity contribution < 1.29 is 13.8 Å². The Bertz CT molecular complexity index is 817. The van der Waals surface area contributed by atoms with Gasteiger partial charge in [0.15, 0.2) is 5.76 Å². The first-order valence-electron chi connectivity index (χ1n) is 7.14. The minimum Gasteiger partial charge on any atom is -0.454 e. The highest BCUT2D eigenvalue weighted by atomic mass is 16.6. The zero-order valence-electron chi connectivity index (χ0n) is 13.2. The van der Waals surface area contributed by atoms with Crippen LogP contribution in [0.1, 0.15) is 33.3 Å². The van der Waals surface area contributed by atoms with Gasteiger partial charge in [-0.2, -0.15) is 5.10 Å². The molecule has 3 rings (SSSR count). The molecule has 0 radical (unpaired) electrons. The fourth-order valence-corrected chi connectivity index (χ4v) is 2.17. The molecule has 0 saturated carbocycles. The van der Waals surface area contributed by atoms with Crippen LogP contribution in [0.5, 0.6) is 0 Å². The Labute approximate surface area is 132 Å². The van der Waals surface area contributed by atoms with E-state index in [2.05, 4.69) is 20.0 Å². The molecule has 3 aromatic heterocycles. The van der Waals surface area contributed by atoms with E-state index in [0.717, 1.165) is 5.56 Å². The van der Waals surface area contributed by atoms with Crippen molar-refractivity contribution in [1.82, 2.24) is 25.0 Å². The average Bonchev–Trinajstić information content (AvgIpc) is 3.23. The molecule has 8 heteroatoms. The Kier molecular flexibility index (Phi) is 3.96. The number of nitrogens with zero attached hydrogens (tertiary/aromatic N) is 5. The molecule has 3 heterocycles. The van der Waals surface area contributed by atoms with Crippen molar-refractivity contribution in [2.75, 3.05) is 7.05 Å². The number of aryl methyl sites for hydroxylation is 2. The quantitative estimate of drug-likeness (QED) is 0.713. The average molecular weight is 315 g/mol. The summed E-state index contributed by atoms with van der Waals surface area (Å²) in [4.78, 5) is 13.9. The summed E-state index contributed by atoms with van der Waals surface area (Å²) in [7, 11) is 1.68. The van der Waals surface area contributed by atoms with Crippen molar-refractivity contribution in [1.29, 1.82) is 0 Å². The largest absolute Gasteiger partial charge is 0.454 e. The van der Waals surface area contributed by atoms with E-state index in [1.165, 1.54) is 4.90 Å². The molecule has 0 aliphatic carbocycles. The lowest BCUT2D eigenvalue weighted by molar-refractivity contribution is 0.0748. The number of amides is 1. The van der Waals surface area contributed by atoms with Crippen molar-refractivity contribution in [3.05, 3.63) is 53.0 Å².